The number of ether oxygens (including phenoxy) is 2. The SMILES string of the molecule is CC.CC(C)C.CCc1cc(C(=O)N[C@@H](COC)C(=O)NCC(=O)N[C@@H](C)C(=O)C2(C)CO2)no1.Cc1ccccc1. The summed E-state index contributed by atoms with van der Waals surface area (Å²) in [6, 6.07) is 9.95. The minimum atomic E-state index is -1.04. The Morgan fingerprint density at radius 3 is 2.05 bits per heavy atom. The van der Waals surface area contributed by atoms with Crippen molar-refractivity contribution in [2.75, 3.05) is 26.9 Å². The number of amides is 3. The zero-order valence-corrected chi connectivity index (χ0v) is 26.8. The fraction of sp³-hybridized carbons (Fsp3) is 0.581. The second-order valence-corrected chi connectivity index (χ2v) is 10.3. The quantitative estimate of drug-likeness (QED) is 0.336. The number of aromatic nitrogens is 1. The van der Waals surface area contributed by atoms with E-state index in [0.29, 0.717) is 18.8 Å². The van der Waals surface area contributed by atoms with Crippen molar-refractivity contribution >= 4 is 23.5 Å². The molecule has 0 spiro atoms. The second kappa shape index (κ2) is 20.3. The lowest BCUT2D eigenvalue weighted by Gasteiger charge is -2.18. The van der Waals surface area contributed by atoms with Gasteiger partial charge in [-0.1, -0.05) is 82.6 Å². The molecule has 2 heterocycles. The first-order valence-corrected chi connectivity index (χ1v) is 14.3. The lowest BCUT2D eigenvalue weighted by atomic mass is 10.0. The van der Waals surface area contributed by atoms with Gasteiger partial charge in [-0.3, -0.25) is 19.2 Å². The van der Waals surface area contributed by atoms with Crippen molar-refractivity contribution in [1.82, 2.24) is 21.1 Å². The van der Waals surface area contributed by atoms with Crippen LogP contribution in [0.5, 0.6) is 0 Å². The van der Waals surface area contributed by atoms with Crippen molar-refractivity contribution in [2.24, 2.45) is 5.92 Å². The molecule has 0 aliphatic carbocycles. The van der Waals surface area contributed by atoms with Gasteiger partial charge in [-0.05, 0) is 26.7 Å². The molecular weight excluding hydrogens is 540 g/mol. The monoisotopic (exact) mass is 590 g/mol. The van der Waals surface area contributed by atoms with Crippen LogP contribution in [-0.4, -0.2) is 73.2 Å². The Hall–Kier alpha value is -3.57. The number of hydrogen-bond acceptors (Lipinski definition) is 8. The first-order valence-electron chi connectivity index (χ1n) is 14.3. The number of epoxide rings is 1. The molecule has 1 aromatic carbocycles. The minimum Gasteiger partial charge on any atom is -0.382 e. The van der Waals surface area contributed by atoms with Gasteiger partial charge in [0.2, 0.25) is 11.8 Å². The van der Waals surface area contributed by atoms with Gasteiger partial charge in [-0.15, -0.1) is 0 Å². The summed E-state index contributed by atoms with van der Waals surface area (Å²) in [5.74, 6) is -0.637. The molecule has 1 fully saturated rings. The largest absolute Gasteiger partial charge is 0.382 e. The van der Waals surface area contributed by atoms with Crippen LogP contribution in [0.1, 0.15) is 77.2 Å². The van der Waals surface area contributed by atoms with E-state index < -0.39 is 35.4 Å². The van der Waals surface area contributed by atoms with Gasteiger partial charge in [0.25, 0.3) is 5.91 Å². The second-order valence-electron chi connectivity index (χ2n) is 10.3. The van der Waals surface area contributed by atoms with E-state index in [4.69, 9.17) is 14.0 Å². The van der Waals surface area contributed by atoms with Crippen molar-refractivity contribution in [3.05, 3.63) is 53.4 Å². The smallest absolute Gasteiger partial charge is 0.274 e. The lowest BCUT2D eigenvalue weighted by molar-refractivity contribution is -0.131. The van der Waals surface area contributed by atoms with Gasteiger partial charge >= 0.3 is 0 Å². The summed E-state index contributed by atoms with van der Waals surface area (Å²) in [5, 5.41) is 11.0. The number of hydrogen-bond donors (Lipinski definition) is 3. The van der Waals surface area contributed by atoms with E-state index in [1.54, 1.807) is 13.8 Å². The van der Waals surface area contributed by atoms with Gasteiger partial charge < -0.3 is 29.9 Å². The van der Waals surface area contributed by atoms with E-state index in [1.807, 2.05) is 39.0 Å². The number of Topliss-reactive ketones (excluding diaryl/α,β-unsaturated/α-hetero) is 1. The molecule has 0 radical (unpaired) electrons. The van der Waals surface area contributed by atoms with E-state index in [0.717, 1.165) is 5.92 Å². The highest BCUT2D eigenvalue weighted by Crippen LogP contribution is 2.28. The molecule has 42 heavy (non-hydrogen) atoms. The van der Waals surface area contributed by atoms with Crippen LogP contribution in [0.15, 0.2) is 40.9 Å². The summed E-state index contributed by atoms with van der Waals surface area (Å²) >= 11 is 0. The molecule has 1 saturated heterocycles. The van der Waals surface area contributed by atoms with E-state index in [9.17, 15) is 19.2 Å². The van der Waals surface area contributed by atoms with E-state index in [2.05, 4.69) is 60.9 Å². The summed E-state index contributed by atoms with van der Waals surface area (Å²) in [7, 11) is 1.37. The summed E-state index contributed by atoms with van der Waals surface area (Å²) in [6.07, 6.45) is 0.573. The Labute approximate surface area is 250 Å². The van der Waals surface area contributed by atoms with Crippen LogP contribution in [0.2, 0.25) is 0 Å². The van der Waals surface area contributed by atoms with E-state index >= 15 is 0 Å². The van der Waals surface area contributed by atoms with Crippen molar-refractivity contribution in [3.8, 4) is 0 Å². The molecule has 11 nitrogen and oxygen atoms in total. The Kier molecular flexibility index (Phi) is 18.6. The van der Waals surface area contributed by atoms with Crippen LogP contribution in [0.4, 0.5) is 0 Å². The van der Waals surface area contributed by atoms with Gasteiger partial charge in [0.1, 0.15) is 17.4 Å². The predicted molar refractivity (Wildman–Crippen MR) is 162 cm³/mol. The predicted octanol–water partition coefficient (Wildman–Crippen LogP) is 3.64. The Bertz CT molecular complexity index is 1080. The highest BCUT2D eigenvalue weighted by atomic mass is 16.6. The highest BCUT2D eigenvalue weighted by molar-refractivity contribution is 5.98. The number of carbonyl (C=O) groups excluding carboxylic acids is 4. The third-order valence-electron chi connectivity index (χ3n) is 5.33. The maximum atomic E-state index is 12.3. The molecule has 0 saturated carbocycles. The minimum absolute atomic E-state index is 0.0385. The van der Waals surface area contributed by atoms with Crippen LogP contribution in [0, 0.1) is 12.8 Å². The average molecular weight is 591 g/mol. The summed E-state index contributed by atoms with van der Waals surface area (Å²) in [5.41, 5.74) is 0.516. The number of benzene rings is 1. The average Bonchev–Trinajstić information content (AvgIpc) is 3.52. The molecule has 3 amide bonds. The Morgan fingerprint density at radius 1 is 1.05 bits per heavy atom. The molecule has 11 heteroatoms. The molecule has 1 aliphatic heterocycles. The summed E-state index contributed by atoms with van der Waals surface area (Å²) in [4.78, 5) is 48.6. The van der Waals surface area contributed by atoms with Crippen molar-refractivity contribution in [3.63, 3.8) is 0 Å². The number of aryl methyl sites for hydroxylation is 2. The lowest BCUT2D eigenvalue weighted by Crippen LogP contribution is -2.52. The summed E-state index contributed by atoms with van der Waals surface area (Å²) in [6.45, 7) is 17.5. The molecule has 2 aromatic rings. The third kappa shape index (κ3) is 15.4. The zero-order valence-electron chi connectivity index (χ0n) is 26.8. The number of nitrogens with zero attached hydrogens (tertiary/aromatic N) is 1. The number of carbonyl (C=O) groups is 4. The Balaban J connectivity index is 0.00000107. The first kappa shape index (κ1) is 38.4. The topological polar surface area (TPSA) is 152 Å². The zero-order chi connectivity index (χ0) is 32.3. The fourth-order valence-corrected chi connectivity index (χ4v) is 3.06. The standard InChI is InChI=1S/C18H26N4O7.C7H8.C4H10.C2H6/c1-5-11-6-12(22-29-11)17(26)21-13(8-27-4)16(25)19-7-14(23)20-10(2)15(24)18(3)9-28-18;1-7-5-3-2-4-6-7;1-4(2)3;1-2/h6,10,13H,5,7-9H2,1-4H3,(H,19,25)(H,20,23)(H,21,26);2-6H,1H3;4H,1-3H3;1-2H3/t10-,13-,18?;;;/m0.../s1. The third-order valence-corrected chi connectivity index (χ3v) is 5.33. The molecule has 3 atom stereocenters. The van der Waals surface area contributed by atoms with Crippen LogP contribution in [-0.2, 0) is 30.3 Å². The van der Waals surface area contributed by atoms with Crippen molar-refractivity contribution < 1.29 is 33.2 Å². The van der Waals surface area contributed by atoms with Crippen LogP contribution >= 0.6 is 0 Å². The highest BCUT2D eigenvalue weighted by Gasteiger charge is 2.48. The number of nitrogens with one attached hydrogen (secondary N) is 3. The summed E-state index contributed by atoms with van der Waals surface area (Å²) < 4.78 is 15.0. The molecule has 3 N–H and O–H groups in total. The number of ketones is 1. The fourth-order valence-electron chi connectivity index (χ4n) is 3.06. The van der Waals surface area contributed by atoms with Gasteiger partial charge in [0, 0.05) is 19.6 Å². The van der Waals surface area contributed by atoms with Gasteiger partial charge in [-0.2, -0.15) is 0 Å². The maximum Gasteiger partial charge on any atom is 0.274 e. The molecule has 1 aliphatic rings. The van der Waals surface area contributed by atoms with Gasteiger partial charge in [0.05, 0.1) is 25.8 Å². The van der Waals surface area contributed by atoms with Crippen molar-refractivity contribution in [2.45, 2.75) is 86.4 Å². The molecule has 3 rings (SSSR count). The molecule has 1 unspecified atom stereocenters. The van der Waals surface area contributed by atoms with Crippen LogP contribution in [0.3, 0.4) is 0 Å². The molecule has 1 aromatic heterocycles. The van der Waals surface area contributed by atoms with E-state index in [1.165, 1.54) is 18.7 Å². The first-order chi connectivity index (χ1) is 19.8. The molecule has 0 bridgehead atoms. The van der Waals surface area contributed by atoms with Gasteiger partial charge in [0.15, 0.2) is 11.5 Å². The van der Waals surface area contributed by atoms with Crippen LogP contribution < -0.4 is 16.0 Å². The normalized spacial score (nSPS) is 16.1. The number of methoxy groups -OCH3 is 1. The van der Waals surface area contributed by atoms with E-state index in [-0.39, 0.29) is 24.6 Å². The number of rotatable bonds is 11. The molecular formula is C31H50N4O7. The van der Waals surface area contributed by atoms with Crippen molar-refractivity contribution in [1.29, 1.82) is 0 Å². The maximum absolute atomic E-state index is 12.3. The van der Waals surface area contributed by atoms with Gasteiger partial charge in [-0.25, -0.2) is 0 Å². The molecule has 236 valence electrons. The Morgan fingerprint density at radius 2 is 1.62 bits per heavy atom. The van der Waals surface area contributed by atoms with Crippen LogP contribution in [0.25, 0.3) is 0 Å².